The average molecular weight is 489 g/mol. The van der Waals surface area contributed by atoms with Crippen LogP contribution >= 0.6 is 24.0 Å². The molecule has 1 fully saturated rings. The van der Waals surface area contributed by atoms with Gasteiger partial charge in [0.05, 0.1) is 19.3 Å². The minimum atomic E-state index is -0.000715. The Kier molecular flexibility index (Phi) is 11.3. The zero-order valence-corrected chi connectivity index (χ0v) is 19.5. The molecule has 0 saturated carbocycles. The van der Waals surface area contributed by atoms with Gasteiger partial charge in [-0.1, -0.05) is 38.1 Å². The van der Waals surface area contributed by atoms with Crippen LogP contribution in [0.25, 0.3) is 0 Å². The fourth-order valence-corrected chi connectivity index (χ4v) is 3.21. The summed E-state index contributed by atoms with van der Waals surface area (Å²) in [5.74, 6) is 0.873. The molecule has 0 radical (unpaired) electrons. The molecule has 0 bridgehead atoms. The number of nitrogens with one attached hydrogen (secondary N) is 2. The van der Waals surface area contributed by atoms with Gasteiger partial charge in [0.25, 0.3) is 0 Å². The quantitative estimate of drug-likeness (QED) is 0.241. The van der Waals surface area contributed by atoms with Crippen LogP contribution in [0.2, 0.25) is 0 Å². The van der Waals surface area contributed by atoms with Gasteiger partial charge in [-0.15, -0.1) is 24.0 Å². The van der Waals surface area contributed by atoms with Crippen LogP contribution in [0, 0.1) is 6.92 Å². The molecule has 1 aliphatic rings. The Morgan fingerprint density at radius 1 is 1.30 bits per heavy atom. The number of hydrogen-bond donors (Lipinski definition) is 2. The number of rotatable bonds is 9. The first-order valence-electron chi connectivity index (χ1n) is 9.80. The largest absolute Gasteiger partial charge is 0.379 e. The molecule has 0 spiro atoms. The lowest BCUT2D eigenvalue weighted by Crippen LogP contribution is -2.39. The van der Waals surface area contributed by atoms with Gasteiger partial charge in [0.1, 0.15) is 0 Å². The topological polar surface area (TPSA) is 54.9 Å². The van der Waals surface area contributed by atoms with Gasteiger partial charge in [0.2, 0.25) is 0 Å². The molecule has 1 heterocycles. The van der Waals surface area contributed by atoms with E-state index in [-0.39, 0.29) is 35.5 Å². The number of benzene rings is 1. The Bertz CT molecular complexity index is 572. The van der Waals surface area contributed by atoms with E-state index in [0.717, 1.165) is 58.3 Å². The number of aryl methyl sites for hydroxylation is 1. The summed E-state index contributed by atoms with van der Waals surface area (Å²) in [5, 5.41) is 6.74. The Balaban J connectivity index is 0.00000364. The standard InChI is InChI=1S/C21H35N3O2.HI/c1-5-22-20(23-12-8-13-26-18-11-14-25-15-18)24-16-21(3,4)19-10-7-6-9-17(19)2;/h6-7,9-10,18H,5,8,11-16H2,1-4H3,(H2,22,23,24);1H. The molecular weight excluding hydrogens is 453 g/mol. The zero-order valence-electron chi connectivity index (χ0n) is 17.2. The number of nitrogens with zero attached hydrogens (tertiary/aromatic N) is 1. The summed E-state index contributed by atoms with van der Waals surface area (Å²) in [5.41, 5.74) is 2.67. The first-order chi connectivity index (χ1) is 12.5. The van der Waals surface area contributed by atoms with E-state index in [9.17, 15) is 0 Å². The second-order valence-corrected chi connectivity index (χ2v) is 7.53. The highest BCUT2D eigenvalue weighted by Gasteiger charge is 2.22. The minimum absolute atomic E-state index is 0. The van der Waals surface area contributed by atoms with Gasteiger partial charge < -0.3 is 20.1 Å². The van der Waals surface area contributed by atoms with Crippen LogP contribution in [0.3, 0.4) is 0 Å². The Labute approximate surface area is 181 Å². The first-order valence-corrected chi connectivity index (χ1v) is 9.80. The number of guanidine groups is 1. The molecule has 1 aromatic carbocycles. The summed E-state index contributed by atoms with van der Waals surface area (Å²) in [6, 6.07) is 8.56. The van der Waals surface area contributed by atoms with Gasteiger partial charge in [-0.05, 0) is 37.8 Å². The third kappa shape index (κ3) is 8.35. The van der Waals surface area contributed by atoms with Crippen LogP contribution < -0.4 is 10.6 Å². The average Bonchev–Trinajstić information content (AvgIpc) is 3.13. The Morgan fingerprint density at radius 3 is 2.74 bits per heavy atom. The molecule has 1 aliphatic heterocycles. The predicted molar refractivity (Wildman–Crippen MR) is 123 cm³/mol. The highest BCUT2D eigenvalue weighted by molar-refractivity contribution is 14.0. The Hall–Kier alpha value is -0.860. The molecule has 6 heteroatoms. The van der Waals surface area contributed by atoms with E-state index in [1.54, 1.807) is 0 Å². The molecule has 2 rings (SSSR count). The second-order valence-electron chi connectivity index (χ2n) is 7.53. The lowest BCUT2D eigenvalue weighted by atomic mass is 9.82. The fourth-order valence-electron chi connectivity index (χ4n) is 3.21. The molecule has 1 unspecified atom stereocenters. The van der Waals surface area contributed by atoms with Crippen molar-refractivity contribution in [2.45, 2.75) is 52.1 Å². The van der Waals surface area contributed by atoms with Crippen LogP contribution in [-0.4, -0.2) is 51.5 Å². The molecule has 154 valence electrons. The van der Waals surface area contributed by atoms with Gasteiger partial charge in [0, 0.05) is 31.7 Å². The number of hydrogen-bond acceptors (Lipinski definition) is 3. The molecule has 0 amide bonds. The van der Waals surface area contributed by atoms with E-state index in [2.05, 4.69) is 62.6 Å². The zero-order chi connectivity index (χ0) is 18.8. The van der Waals surface area contributed by atoms with Crippen LogP contribution in [-0.2, 0) is 14.9 Å². The number of halogens is 1. The van der Waals surface area contributed by atoms with Crippen molar-refractivity contribution in [2.24, 2.45) is 4.99 Å². The van der Waals surface area contributed by atoms with Gasteiger partial charge >= 0.3 is 0 Å². The van der Waals surface area contributed by atoms with E-state index in [4.69, 9.17) is 14.5 Å². The number of aliphatic imine (C=N–C) groups is 1. The van der Waals surface area contributed by atoms with Crippen LogP contribution in [0.5, 0.6) is 0 Å². The number of ether oxygens (including phenoxy) is 2. The van der Waals surface area contributed by atoms with Crippen molar-refractivity contribution in [3.63, 3.8) is 0 Å². The van der Waals surface area contributed by atoms with Crippen LogP contribution in [0.15, 0.2) is 29.3 Å². The summed E-state index contributed by atoms with van der Waals surface area (Å²) in [6.45, 7) is 13.5. The summed E-state index contributed by atoms with van der Waals surface area (Å²) >= 11 is 0. The maximum Gasteiger partial charge on any atom is 0.191 e. The normalized spacial score (nSPS) is 17.5. The summed E-state index contributed by atoms with van der Waals surface area (Å²) in [7, 11) is 0. The van der Waals surface area contributed by atoms with Crippen molar-refractivity contribution >= 4 is 29.9 Å². The monoisotopic (exact) mass is 489 g/mol. The van der Waals surface area contributed by atoms with Crippen molar-refractivity contribution in [1.29, 1.82) is 0 Å². The van der Waals surface area contributed by atoms with Crippen molar-refractivity contribution in [1.82, 2.24) is 10.6 Å². The highest BCUT2D eigenvalue weighted by Crippen LogP contribution is 2.26. The molecule has 1 atom stereocenters. The lowest BCUT2D eigenvalue weighted by molar-refractivity contribution is 0.0420. The molecule has 2 N–H and O–H groups in total. The first kappa shape index (κ1) is 24.2. The van der Waals surface area contributed by atoms with Crippen LogP contribution in [0.4, 0.5) is 0 Å². The maximum atomic E-state index is 5.80. The molecule has 0 aliphatic carbocycles. The third-order valence-corrected chi connectivity index (χ3v) is 4.71. The van der Waals surface area contributed by atoms with Crippen molar-refractivity contribution in [3.8, 4) is 0 Å². The smallest absolute Gasteiger partial charge is 0.191 e. The van der Waals surface area contributed by atoms with Gasteiger partial charge in [-0.3, -0.25) is 4.99 Å². The van der Waals surface area contributed by atoms with Gasteiger partial charge in [0.15, 0.2) is 5.96 Å². The van der Waals surface area contributed by atoms with Crippen molar-refractivity contribution < 1.29 is 9.47 Å². The predicted octanol–water partition coefficient (Wildman–Crippen LogP) is 3.64. The van der Waals surface area contributed by atoms with E-state index in [1.165, 1.54) is 11.1 Å². The van der Waals surface area contributed by atoms with E-state index in [1.807, 2.05) is 0 Å². The second kappa shape index (κ2) is 12.6. The molecule has 1 aromatic rings. The van der Waals surface area contributed by atoms with Crippen LogP contribution in [0.1, 0.15) is 44.7 Å². The summed E-state index contributed by atoms with van der Waals surface area (Å²) in [4.78, 5) is 4.81. The molecule has 0 aromatic heterocycles. The van der Waals surface area contributed by atoms with Crippen molar-refractivity contribution in [3.05, 3.63) is 35.4 Å². The minimum Gasteiger partial charge on any atom is -0.379 e. The fraction of sp³-hybridized carbons (Fsp3) is 0.667. The van der Waals surface area contributed by atoms with E-state index in [0.29, 0.717) is 0 Å². The lowest BCUT2D eigenvalue weighted by Gasteiger charge is -2.25. The van der Waals surface area contributed by atoms with Crippen molar-refractivity contribution in [2.75, 3.05) is 39.5 Å². The molecule has 5 nitrogen and oxygen atoms in total. The Morgan fingerprint density at radius 2 is 2.07 bits per heavy atom. The SMILES string of the molecule is CCNC(=NCC(C)(C)c1ccccc1C)NCCCOC1CCOC1.I. The van der Waals surface area contributed by atoms with E-state index >= 15 is 0 Å². The summed E-state index contributed by atoms with van der Waals surface area (Å²) in [6.07, 6.45) is 2.26. The molecule has 27 heavy (non-hydrogen) atoms. The van der Waals surface area contributed by atoms with Gasteiger partial charge in [-0.25, -0.2) is 0 Å². The third-order valence-electron chi connectivity index (χ3n) is 4.71. The van der Waals surface area contributed by atoms with Gasteiger partial charge in [-0.2, -0.15) is 0 Å². The molecule has 1 saturated heterocycles. The molecular formula is C21H36IN3O2. The van der Waals surface area contributed by atoms with E-state index < -0.39 is 0 Å². The maximum absolute atomic E-state index is 5.80. The summed E-state index contributed by atoms with van der Waals surface area (Å²) < 4.78 is 11.1. The highest BCUT2D eigenvalue weighted by atomic mass is 127.